The summed E-state index contributed by atoms with van der Waals surface area (Å²) in [6.07, 6.45) is 0. The summed E-state index contributed by atoms with van der Waals surface area (Å²) in [5.74, 6) is -0.758. The van der Waals surface area contributed by atoms with Gasteiger partial charge in [-0.3, -0.25) is 9.69 Å². The molecule has 0 aromatic carbocycles. The van der Waals surface area contributed by atoms with Crippen LogP contribution in [0.5, 0.6) is 0 Å². The molecule has 0 aromatic heterocycles. The molecule has 1 fully saturated rings. The highest BCUT2D eigenvalue weighted by atomic mass is 32.2. The molecule has 94 valence electrons. The predicted octanol–water partition coefficient (Wildman–Crippen LogP) is 0.216. The maximum Gasteiger partial charge on any atom is 0.321 e. The van der Waals surface area contributed by atoms with Crippen LogP contribution in [0.2, 0.25) is 0 Å². The van der Waals surface area contributed by atoms with Crippen LogP contribution in [-0.2, 0) is 14.6 Å². The highest BCUT2D eigenvalue weighted by Gasteiger charge is 2.38. The van der Waals surface area contributed by atoms with E-state index in [9.17, 15) is 18.3 Å². The van der Waals surface area contributed by atoms with Crippen molar-refractivity contribution in [1.82, 2.24) is 4.90 Å². The van der Waals surface area contributed by atoms with E-state index in [1.54, 1.807) is 4.90 Å². The Kier molecular flexibility index (Phi) is 3.64. The maximum absolute atomic E-state index is 11.3. The van der Waals surface area contributed by atoms with Crippen molar-refractivity contribution in [1.29, 1.82) is 0 Å². The van der Waals surface area contributed by atoms with Crippen molar-refractivity contribution in [3.63, 3.8) is 0 Å². The molecule has 0 saturated carbocycles. The lowest BCUT2D eigenvalue weighted by Gasteiger charge is -2.38. The summed E-state index contributed by atoms with van der Waals surface area (Å²) in [6.45, 7) is 6.20. The zero-order chi connectivity index (χ0) is 12.6. The molecule has 0 bridgehead atoms. The third kappa shape index (κ3) is 3.18. The first-order chi connectivity index (χ1) is 7.13. The van der Waals surface area contributed by atoms with Gasteiger partial charge in [-0.2, -0.15) is 0 Å². The Labute approximate surface area is 96.4 Å². The van der Waals surface area contributed by atoms with Crippen LogP contribution in [0.3, 0.4) is 0 Å². The number of carboxylic acid groups (broad SMARTS) is 1. The number of nitrogens with zero attached hydrogens (tertiary/aromatic N) is 1. The molecule has 6 heteroatoms. The number of hydrogen-bond donors (Lipinski definition) is 1. The normalized spacial score (nSPS) is 23.9. The van der Waals surface area contributed by atoms with Crippen molar-refractivity contribution in [2.24, 2.45) is 5.41 Å². The second-order valence-corrected chi connectivity index (χ2v) is 7.60. The van der Waals surface area contributed by atoms with Crippen molar-refractivity contribution < 1.29 is 18.3 Å². The summed E-state index contributed by atoms with van der Waals surface area (Å²) >= 11 is 0. The largest absolute Gasteiger partial charge is 0.480 e. The Morgan fingerprint density at radius 2 is 1.69 bits per heavy atom. The highest BCUT2D eigenvalue weighted by Crippen LogP contribution is 2.25. The average molecular weight is 249 g/mol. The highest BCUT2D eigenvalue weighted by molar-refractivity contribution is 7.91. The number of sulfone groups is 1. The standard InChI is InChI=1S/C10H19NO4S/c1-10(2,3)8(9(12)13)11-4-6-16(14,15)7-5-11/h8H,4-7H2,1-3H3,(H,12,13)/t8-/m0/s1. The van der Waals surface area contributed by atoms with E-state index < -0.39 is 27.3 Å². The lowest BCUT2D eigenvalue weighted by atomic mass is 9.85. The van der Waals surface area contributed by atoms with Gasteiger partial charge in [0, 0.05) is 13.1 Å². The first-order valence-corrected chi connectivity index (χ1v) is 7.13. The molecule has 1 saturated heterocycles. The van der Waals surface area contributed by atoms with E-state index >= 15 is 0 Å². The number of hydrogen-bond acceptors (Lipinski definition) is 4. The molecule has 0 amide bonds. The van der Waals surface area contributed by atoms with Crippen LogP contribution in [0.25, 0.3) is 0 Å². The van der Waals surface area contributed by atoms with Crippen LogP contribution in [0, 0.1) is 5.41 Å². The van der Waals surface area contributed by atoms with Gasteiger partial charge in [0.25, 0.3) is 0 Å². The second kappa shape index (κ2) is 4.33. The lowest BCUT2D eigenvalue weighted by Crippen LogP contribution is -2.54. The molecular weight excluding hydrogens is 230 g/mol. The number of aliphatic carboxylic acids is 1. The van der Waals surface area contributed by atoms with Crippen LogP contribution >= 0.6 is 0 Å². The predicted molar refractivity (Wildman–Crippen MR) is 61.1 cm³/mol. The average Bonchev–Trinajstić information content (AvgIpc) is 2.05. The Morgan fingerprint density at radius 1 is 1.25 bits per heavy atom. The minimum atomic E-state index is -2.95. The van der Waals surface area contributed by atoms with Crippen LogP contribution in [0.15, 0.2) is 0 Å². The molecule has 1 N–H and O–H groups in total. The SMILES string of the molecule is CC(C)(C)[C@H](C(=O)O)N1CCS(=O)(=O)CC1. The second-order valence-electron chi connectivity index (χ2n) is 5.29. The van der Waals surface area contributed by atoms with E-state index in [2.05, 4.69) is 0 Å². The lowest BCUT2D eigenvalue weighted by molar-refractivity contribution is -0.147. The van der Waals surface area contributed by atoms with E-state index in [1.807, 2.05) is 20.8 Å². The minimum Gasteiger partial charge on any atom is -0.480 e. The van der Waals surface area contributed by atoms with Crippen LogP contribution in [-0.4, -0.2) is 55.0 Å². The molecule has 5 nitrogen and oxygen atoms in total. The maximum atomic E-state index is 11.3. The van der Waals surface area contributed by atoms with E-state index in [1.165, 1.54) is 0 Å². The Bertz CT molecular complexity index is 355. The fourth-order valence-electron chi connectivity index (χ4n) is 2.06. The van der Waals surface area contributed by atoms with Crippen LogP contribution in [0.1, 0.15) is 20.8 Å². The van der Waals surface area contributed by atoms with E-state index in [-0.39, 0.29) is 11.5 Å². The molecular formula is C10H19NO4S. The third-order valence-corrected chi connectivity index (χ3v) is 4.41. The first-order valence-electron chi connectivity index (χ1n) is 5.31. The fourth-order valence-corrected chi connectivity index (χ4v) is 3.29. The van der Waals surface area contributed by atoms with Crippen LogP contribution in [0.4, 0.5) is 0 Å². The summed E-state index contributed by atoms with van der Waals surface area (Å²) in [7, 11) is -2.95. The van der Waals surface area contributed by atoms with Crippen molar-refractivity contribution >= 4 is 15.8 Å². The molecule has 1 atom stereocenters. The van der Waals surface area contributed by atoms with Gasteiger partial charge in [-0.05, 0) is 5.41 Å². The van der Waals surface area contributed by atoms with Gasteiger partial charge in [0.15, 0.2) is 9.84 Å². The summed E-state index contributed by atoms with van der Waals surface area (Å²) < 4.78 is 22.5. The molecule has 16 heavy (non-hydrogen) atoms. The molecule has 1 aliphatic rings. The topological polar surface area (TPSA) is 74.7 Å². The van der Waals surface area contributed by atoms with Gasteiger partial charge in [0.2, 0.25) is 0 Å². The van der Waals surface area contributed by atoms with Gasteiger partial charge in [0.1, 0.15) is 6.04 Å². The van der Waals surface area contributed by atoms with Gasteiger partial charge in [0.05, 0.1) is 11.5 Å². The summed E-state index contributed by atoms with van der Waals surface area (Å²) in [5.41, 5.74) is -0.396. The summed E-state index contributed by atoms with van der Waals surface area (Å²) in [4.78, 5) is 13.0. The van der Waals surface area contributed by atoms with Crippen molar-refractivity contribution in [2.45, 2.75) is 26.8 Å². The minimum absolute atomic E-state index is 0.0624. The molecule has 0 unspecified atom stereocenters. The van der Waals surface area contributed by atoms with Crippen molar-refractivity contribution in [3.8, 4) is 0 Å². The molecule has 0 radical (unpaired) electrons. The Hall–Kier alpha value is -0.620. The number of carboxylic acids is 1. The molecule has 0 aliphatic carbocycles. The van der Waals surface area contributed by atoms with Crippen LogP contribution < -0.4 is 0 Å². The van der Waals surface area contributed by atoms with Crippen molar-refractivity contribution in [3.05, 3.63) is 0 Å². The smallest absolute Gasteiger partial charge is 0.321 e. The molecule has 1 aliphatic heterocycles. The molecule has 1 heterocycles. The summed E-state index contributed by atoms with van der Waals surface area (Å²) in [6, 6.07) is -0.622. The fraction of sp³-hybridized carbons (Fsp3) is 0.900. The summed E-state index contributed by atoms with van der Waals surface area (Å²) in [5, 5.41) is 9.20. The molecule has 1 rings (SSSR count). The van der Waals surface area contributed by atoms with Gasteiger partial charge in [-0.1, -0.05) is 20.8 Å². The van der Waals surface area contributed by atoms with Gasteiger partial charge >= 0.3 is 5.97 Å². The van der Waals surface area contributed by atoms with E-state index in [0.29, 0.717) is 13.1 Å². The molecule has 0 aromatic rings. The third-order valence-electron chi connectivity index (χ3n) is 2.80. The van der Waals surface area contributed by atoms with E-state index in [0.717, 1.165) is 0 Å². The van der Waals surface area contributed by atoms with E-state index in [4.69, 9.17) is 0 Å². The quantitative estimate of drug-likeness (QED) is 0.757. The van der Waals surface area contributed by atoms with Crippen molar-refractivity contribution in [2.75, 3.05) is 24.6 Å². The first kappa shape index (κ1) is 13.4. The zero-order valence-corrected chi connectivity index (χ0v) is 10.7. The monoisotopic (exact) mass is 249 g/mol. The van der Waals surface area contributed by atoms with Gasteiger partial charge in [-0.15, -0.1) is 0 Å². The van der Waals surface area contributed by atoms with Gasteiger partial charge < -0.3 is 5.11 Å². The Balaban J connectivity index is 2.80. The zero-order valence-electron chi connectivity index (χ0n) is 9.93. The molecule has 0 spiro atoms. The number of rotatable bonds is 2. The number of carbonyl (C=O) groups is 1. The Morgan fingerprint density at radius 3 is 2.00 bits per heavy atom. The van der Waals surface area contributed by atoms with Gasteiger partial charge in [-0.25, -0.2) is 8.42 Å².